The maximum atomic E-state index is 11.0. The summed E-state index contributed by atoms with van der Waals surface area (Å²) in [6.07, 6.45) is 2.03. The van der Waals surface area contributed by atoms with Crippen molar-refractivity contribution in [2.75, 3.05) is 6.61 Å². The predicted octanol–water partition coefficient (Wildman–Crippen LogP) is 0.338. The van der Waals surface area contributed by atoms with Gasteiger partial charge in [-0.05, 0) is 13.8 Å². The molecule has 0 unspecified atom stereocenters. The van der Waals surface area contributed by atoms with Crippen LogP contribution in [0.3, 0.4) is 0 Å². The van der Waals surface area contributed by atoms with Crippen LogP contribution in [-0.4, -0.2) is 35.5 Å². The zero-order valence-electron chi connectivity index (χ0n) is 8.54. The van der Waals surface area contributed by atoms with Gasteiger partial charge in [0.2, 0.25) is 0 Å². The van der Waals surface area contributed by atoms with Crippen molar-refractivity contribution in [2.24, 2.45) is 0 Å². The molecule has 0 aromatic heterocycles. The Balaban J connectivity index is 3.99. The van der Waals surface area contributed by atoms with E-state index in [1.165, 1.54) is 6.92 Å². The van der Waals surface area contributed by atoms with Gasteiger partial charge in [0.1, 0.15) is 0 Å². The van der Waals surface area contributed by atoms with E-state index in [4.69, 9.17) is 10.3 Å². The number of ether oxygens (including phenoxy) is 2. The standard InChI is InChI=1S/C9H12N2O4/c1-3-14-9(13)4-5-15-7(2)8(12)6-11-10/h4-7H,3H2,1-2H3/b5-4+/t7-/m0/s1. The third-order valence-electron chi connectivity index (χ3n) is 1.36. The normalized spacial score (nSPS) is 11.6. The van der Waals surface area contributed by atoms with Crippen molar-refractivity contribution in [3.05, 3.63) is 17.9 Å². The molecule has 0 heterocycles. The summed E-state index contributed by atoms with van der Waals surface area (Å²) in [7, 11) is 0. The molecular weight excluding hydrogens is 200 g/mol. The van der Waals surface area contributed by atoms with Crippen LogP contribution in [0.4, 0.5) is 0 Å². The first kappa shape index (κ1) is 13.1. The van der Waals surface area contributed by atoms with Crippen LogP contribution in [0, 0.1) is 0 Å². The highest BCUT2D eigenvalue weighted by molar-refractivity contribution is 6.27. The minimum Gasteiger partial charge on any atom is -0.490 e. The molecule has 0 spiro atoms. The summed E-state index contributed by atoms with van der Waals surface area (Å²) in [5.41, 5.74) is 8.07. The van der Waals surface area contributed by atoms with Crippen LogP contribution in [0.1, 0.15) is 13.8 Å². The highest BCUT2D eigenvalue weighted by Gasteiger charge is 2.13. The van der Waals surface area contributed by atoms with Crippen molar-refractivity contribution in [1.82, 2.24) is 0 Å². The largest absolute Gasteiger partial charge is 0.490 e. The van der Waals surface area contributed by atoms with Crippen LogP contribution < -0.4 is 0 Å². The Bertz CT molecular complexity index is 305. The number of hydrogen-bond acceptors (Lipinski definition) is 4. The van der Waals surface area contributed by atoms with Crippen molar-refractivity contribution in [2.45, 2.75) is 20.0 Å². The minimum atomic E-state index is -0.813. The van der Waals surface area contributed by atoms with Crippen molar-refractivity contribution in [3.63, 3.8) is 0 Å². The summed E-state index contributed by atoms with van der Waals surface area (Å²) < 4.78 is 9.41. The predicted molar refractivity (Wildman–Crippen MR) is 51.0 cm³/mol. The van der Waals surface area contributed by atoms with Gasteiger partial charge in [0.05, 0.1) is 18.9 Å². The monoisotopic (exact) mass is 212 g/mol. The van der Waals surface area contributed by atoms with E-state index in [-0.39, 0.29) is 6.61 Å². The SMILES string of the molecule is CCOC(=O)/C=C/O[C@@H](C)C(=O)C=[N+]=[N-]. The van der Waals surface area contributed by atoms with Gasteiger partial charge in [-0.15, -0.1) is 0 Å². The molecule has 0 amide bonds. The zero-order chi connectivity index (χ0) is 11.7. The number of esters is 1. The van der Waals surface area contributed by atoms with E-state index in [2.05, 4.69) is 9.53 Å². The smallest absolute Gasteiger partial charge is 0.333 e. The van der Waals surface area contributed by atoms with Gasteiger partial charge in [-0.25, -0.2) is 4.79 Å². The molecule has 0 aliphatic carbocycles. The lowest BCUT2D eigenvalue weighted by molar-refractivity contribution is -0.137. The molecular formula is C9H12N2O4. The Kier molecular flexibility index (Phi) is 6.50. The molecule has 0 N–H and O–H groups in total. The fourth-order valence-corrected chi connectivity index (χ4v) is 0.632. The van der Waals surface area contributed by atoms with Gasteiger partial charge in [-0.1, -0.05) is 0 Å². The number of rotatable bonds is 6. The van der Waals surface area contributed by atoms with Crippen LogP contribution in [0.25, 0.3) is 5.53 Å². The molecule has 0 fully saturated rings. The summed E-state index contributed by atoms with van der Waals surface area (Å²) in [5, 5.41) is 0. The van der Waals surface area contributed by atoms with Crippen LogP contribution in [0.5, 0.6) is 0 Å². The van der Waals surface area contributed by atoms with Crippen molar-refractivity contribution < 1.29 is 23.9 Å². The third-order valence-corrected chi connectivity index (χ3v) is 1.36. The van der Waals surface area contributed by atoms with Crippen LogP contribution >= 0.6 is 0 Å². The summed E-state index contributed by atoms with van der Waals surface area (Å²) in [5.74, 6) is -1.06. The molecule has 0 rings (SSSR count). The molecule has 0 radical (unpaired) electrons. The molecule has 0 aliphatic rings. The number of ketones is 1. The average molecular weight is 212 g/mol. The van der Waals surface area contributed by atoms with Gasteiger partial charge in [0.15, 0.2) is 6.10 Å². The first-order valence-electron chi connectivity index (χ1n) is 4.31. The van der Waals surface area contributed by atoms with Crippen molar-refractivity contribution in [3.8, 4) is 0 Å². The fraction of sp³-hybridized carbons (Fsp3) is 0.444. The van der Waals surface area contributed by atoms with E-state index in [1.54, 1.807) is 6.92 Å². The lowest BCUT2D eigenvalue weighted by Gasteiger charge is -2.03. The summed E-state index contributed by atoms with van der Waals surface area (Å²) >= 11 is 0. The number of carbonyl (C=O) groups excluding carboxylic acids is 2. The minimum absolute atomic E-state index is 0.273. The van der Waals surface area contributed by atoms with Crippen LogP contribution in [-0.2, 0) is 19.1 Å². The maximum absolute atomic E-state index is 11.0. The molecule has 0 saturated carbocycles. The molecule has 1 atom stereocenters. The zero-order valence-corrected chi connectivity index (χ0v) is 8.54. The fourth-order valence-electron chi connectivity index (χ4n) is 0.632. The Labute approximate surface area is 87.1 Å². The average Bonchev–Trinajstić information content (AvgIpc) is 2.18. The topological polar surface area (TPSA) is 89.0 Å². The molecule has 6 heteroatoms. The van der Waals surface area contributed by atoms with Crippen molar-refractivity contribution >= 4 is 18.0 Å². The molecule has 15 heavy (non-hydrogen) atoms. The first-order valence-corrected chi connectivity index (χ1v) is 4.31. The van der Waals surface area contributed by atoms with Gasteiger partial charge in [0, 0.05) is 0 Å². The first-order chi connectivity index (χ1) is 7.11. The van der Waals surface area contributed by atoms with Gasteiger partial charge in [-0.3, -0.25) is 4.79 Å². The van der Waals surface area contributed by atoms with E-state index < -0.39 is 17.9 Å². The quantitative estimate of drug-likeness (QED) is 0.158. The third kappa shape index (κ3) is 6.17. The van der Waals surface area contributed by atoms with E-state index in [1.807, 2.05) is 0 Å². The molecule has 0 aliphatic heterocycles. The maximum Gasteiger partial charge on any atom is 0.333 e. The molecule has 6 nitrogen and oxygen atoms in total. The second-order valence-electron chi connectivity index (χ2n) is 2.48. The summed E-state index contributed by atoms with van der Waals surface area (Å²) in [4.78, 5) is 24.3. The highest BCUT2D eigenvalue weighted by Crippen LogP contribution is 1.92. The van der Waals surface area contributed by atoms with E-state index in [0.29, 0.717) is 0 Å². The number of Topliss-reactive ketones (excluding diaryl/α,β-unsaturated/α-hetero) is 1. The number of nitrogens with zero attached hydrogens (tertiary/aromatic N) is 2. The van der Waals surface area contributed by atoms with Gasteiger partial charge >= 0.3 is 12.2 Å². The molecule has 0 aromatic rings. The summed E-state index contributed by atoms with van der Waals surface area (Å²) in [6, 6.07) is 0. The highest BCUT2D eigenvalue weighted by atomic mass is 16.5. The van der Waals surface area contributed by atoms with E-state index >= 15 is 0 Å². The lowest BCUT2D eigenvalue weighted by Crippen LogP contribution is -2.20. The Morgan fingerprint density at radius 1 is 1.53 bits per heavy atom. The second-order valence-corrected chi connectivity index (χ2v) is 2.48. The number of hydrogen-bond donors (Lipinski definition) is 0. The second kappa shape index (κ2) is 7.46. The molecule has 0 bridgehead atoms. The van der Waals surface area contributed by atoms with Crippen LogP contribution in [0.2, 0.25) is 0 Å². The van der Waals surface area contributed by atoms with E-state index in [9.17, 15) is 9.59 Å². The molecule has 0 aromatic carbocycles. The lowest BCUT2D eigenvalue weighted by atomic mass is 10.3. The Hall–Kier alpha value is -1.94. The van der Waals surface area contributed by atoms with E-state index in [0.717, 1.165) is 18.6 Å². The Morgan fingerprint density at radius 2 is 2.20 bits per heavy atom. The van der Waals surface area contributed by atoms with Gasteiger partial charge < -0.3 is 15.0 Å². The molecule has 0 saturated heterocycles. The van der Waals surface area contributed by atoms with Crippen LogP contribution in [0.15, 0.2) is 12.3 Å². The van der Waals surface area contributed by atoms with Crippen molar-refractivity contribution in [1.29, 1.82) is 0 Å². The van der Waals surface area contributed by atoms with Gasteiger partial charge in [-0.2, -0.15) is 4.79 Å². The Morgan fingerprint density at radius 3 is 2.73 bits per heavy atom. The summed E-state index contributed by atoms with van der Waals surface area (Å²) in [6.45, 7) is 3.41. The molecule has 82 valence electrons. The number of carbonyl (C=O) groups is 2. The van der Waals surface area contributed by atoms with Gasteiger partial charge in [0.25, 0.3) is 5.78 Å².